The molecule has 0 N–H and O–H groups in total. The average Bonchev–Trinajstić information content (AvgIpc) is 3.22. The molecule has 2 atom stereocenters. The number of alkyl halides is 3. The molecule has 1 saturated heterocycles. The van der Waals surface area contributed by atoms with Gasteiger partial charge in [0.05, 0.1) is 29.4 Å². The molecule has 256 valence electrons. The summed E-state index contributed by atoms with van der Waals surface area (Å²) >= 11 is 1.26. The van der Waals surface area contributed by atoms with Crippen molar-refractivity contribution in [3.63, 3.8) is 0 Å². The van der Waals surface area contributed by atoms with E-state index in [9.17, 15) is 31.5 Å². The molecule has 14 heteroatoms. The molecule has 6 rings (SSSR count). The standard InChI is InChI=1S/C29H32F4N4O3S.C5H4FN/c1-16-14-35(15-17(2)37(16)27(39)40-28(3,4)5)25-20-13-21(29(31,32)33)22(18-7-9-19(30)10-8-18)24-23(20)36(26(38)34-25)11-6-12-41-24;6-5-2-1-3-7-4-5/h7-10,13,16-17H,6,11-12,14-15H2,1-5H3;1-4H. The van der Waals surface area contributed by atoms with Crippen molar-refractivity contribution >= 4 is 34.6 Å². The zero-order chi connectivity index (χ0) is 35.0. The van der Waals surface area contributed by atoms with Crippen LogP contribution in [0, 0.1) is 11.6 Å². The molecule has 4 aromatic rings. The minimum absolute atomic E-state index is 0.0707. The second-order valence-electron chi connectivity index (χ2n) is 12.8. The number of hydrogen-bond acceptors (Lipinski definition) is 7. The Morgan fingerprint density at radius 1 is 1.00 bits per heavy atom. The predicted molar refractivity (Wildman–Crippen MR) is 175 cm³/mol. The van der Waals surface area contributed by atoms with Crippen molar-refractivity contribution in [3.05, 3.63) is 82.5 Å². The molecule has 0 bridgehead atoms. The summed E-state index contributed by atoms with van der Waals surface area (Å²) in [5, 5.41) is 0.220. The number of hydrogen-bond donors (Lipinski definition) is 0. The molecule has 2 unspecified atom stereocenters. The number of rotatable bonds is 2. The van der Waals surface area contributed by atoms with Gasteiger partial charge >= 0.3 is 18.0 Å². The van der Waals surface area contributed by atoms with E-state index in [1.807, 2.05) is 13.8 Å². The number of carbonyl (C=O) groups excluding carboxylic acids is 1. The number of anilines is 1. The van der Waals surface area contributed by atoms with Crippen LogP contribution in [0.4, 0.5) is 32.6 Å². The first-order valence-corrected chi connectivity index (χ1v) is 16.4. The number of halogens is 5. The highest BCUT2D eigenvalue weighted by Gasteiger charge is 2.40. The van der Waals surface area contributed by atoms with Crippen molar-refractivity contribution in [1.82, 2.24) is 19.4 Å². The highest BCUT2D eigenvalue weighted by molar-refractivity contribution is 7.99. The van der Waals surface area contributed by atoms with Gasteiger partial charge < -0.3 is 9.64 Å². The zero-order valence-corrected chi connectivity index (χ0v) is 28.0. The second-order valence-corrected chi connectivity index (χ2v) is 13.9. The number of benzene rings is 2. The van der Waals surface area contributed by atoms with E-state index in [0.717, 1.165) is 18.2 Å². The molecule has 0 radical (unpaired) electrons. The summed E-state index contributed by atoms with van der Waals surface area (Å²) in [6.07, 6.45) is -1.93. The van der Waals surface area contributed by atoms with E-state index in [1.54, 1.807) is 36.6 Å². The minimum Gasteiger partial charge on any atom is -0.444 e. The Labute approximate surface area is 278 Å². The average molecular weight is 690 g/mol. The number of carbonyl (C=O) groups is 1. The Morgan fingerprint density at radius 3 is 2.21 bits per heavy atom. The molecular weight excluding hydrogens is 653 g/mol. The third-order valence-electron chi connectivity index (χ3n) is 7.86. The van der Waals surface area contributed by atoms with Crippen LogP contribution in [-0.4, -0.2) is 62.1 Å². The lowest BCUT2D eigenvalue weighted by Crippen LogP contribution is -2.59. The Morgan fingerprint density at radius 2 is 1.67 bits per heavy atom. The third kappa shape index (κ3) is 7.58. The van der Waals surface area contributed by atoms with Crippen LogP contribution in [0.15, 0.2) is 64.5 Å². The molecule has 4 heterocycles. The quantitative estimate of drug-likeness (QED) is 0.199. The SMILES string of the molecule is CC1CN(c2nc(=O)n3c4c(c(-c5ccc(F)cc5)c(C(F)(F)F)cc24)SCCC3)CC(C)N1C(=O)OC(C)(C)C.Fc1cccnc1. The van der Waals surface area contributed by atoms with Crippen LogP contribution in [0.3, 0.4) is 0 Å². The normalized spacial score (nSPS) is 18.2. The van der Waals surface area contributed by atoms with Crippen LogP contribution < -0.4 is 10.6 Å². The Hall–Kier alpha value is -4.20. The molecule has 1 fully saturated rings. The van der Waals surface area contributed by atoms with Gasteiger partial charge in [0, 0.05) is 41.7 Å². The number of aromatic nitrogens is 3. The van der Waals surface area contributed by atoms with Gasteiger partial charge in [-0.2, -0.15) is 18.2 Å². The summed E-state index contributed by atoms with van der Waals surface area (Å²) in [5.41, 5.74) is -1.57. The lowest BCUT2D eigenvalue weighted by molar-refractivity contribution is -0.137. The number of piperazine rings is 1. The first-order valence-electron chi connectivity index (χ1n) is 15.4. The summed E-state index contributed by atoms with van der Waals surface area (Å²) in [6, 6.07) is 8.17. The number of thioether (sulfide) groups is 1. The molecule has 2 aliphatic heterocycles. The second kappa shape index (κ2) is 13.7. The lowest BCUT2D eigenvalue weighted by atomic mass is 9.96. The van der Waals surface area contributed by atoms with Gasteiger partial charge in [-0.15, -0.1) is 11.8 Å². The number of pyridine rings is 1. The van der Waals surface area contributed by atoms with Gasteiger partial charge in [0.1, 0.15) is 23.1 Å². The first-order chi connectivity index (χ1) is 22.5. The van der Waals surface area contributed by atoms with E-state index in [4.69, 9.17) is 4.74 Å². The fourth-order valence-electron chi connectivity index (χ4n) is 6.02. The fraction of sp³-hybridized carbons (Fsp3) is 0.412. The summed E-state index contributed by atoms with van der Waals surface area (Å²) < 4.78 is 76.7. The van der Waals surface area contributed by atoms with Gasteiger partial charge in [0.25, 0.3) is 0 Å². The molecule has 0 spiro atoms. The Bertz CT molecular complexity index is 1830. The van der Waals surface area contributed by atoms with Gasteiger partial charge in [0.15, 0.2) is 0 Å². The molecule has 0 aliphatic carbocycles. The predicted octanol–water partition coefficient (Wildman–Crippen LogP) is 7.77. The largest absolute Gasteiger partial charge is 0.444 e. The maximum Gasteiger partial charge on any atom is 0.417 e. The van der Waals surface area contributed by atoms with Crippen LogP contribution in [0.1, 0.15) is 46.6 Å². The molecule has 1 amide bonds. The Kier molecular flexibility index (Phi) is 10.0. The van der Waals surface area contributed by atoms with E-state index < -0.39 is 34.9 Å². The van der Waals surface area contributed by atoms with E-state index in [-0.39, 0.29) is 53.3 Å². The van der Waals surface area contributed by atoms with E-state index in [1.165, 1.54) is 46.9 Å². The first kappa shape index (κ1) is 35.1. The van der Waals surface area contributed by atoms with Gasteiger partial charge in [-0.25, -0.2) is 18.4 Å². The minimum atomic E-state index is -4.73. The van der Waals surface area contributed by atoms with Crippen LogP contribution in [0.25, 0.3) is 22.0 Å². The molecular formula is C34H36F5N5O3S. The molecule has 0 saturated carbocycles. The van der Waals surface area contributed by atoms with Crippen LogP contribution in [0.2, 0.25) is 0 Å². The summed E-state index contributed by atoms with van der Waals surface area (Å²) in [7, 11) is 0. The highest BCUT2D eigenvalue weighted by Crippen LogP contribution is 2.48. The molecule has 2 aromatic heterocycles. The van der Waals surface area contributed by atoms with Crippen molar-refractivity contribution in [2.24, 2.45) is 0 Å². The number of amides is 1. The van der Waals surface area contributed by atoms with Gasteiger partial charge in [0.2, 0.25) is 0 Å². The van der Waals surface area contributed by atoms with E-state index in [2.05, 4.69) is 9.97 Å². The third-order valence-corrected chi connectivity index (χ3v) is 9.04. The van der Waals surface area contributed by atoms with Crippen LogP contribution in [-0.2, 0) is 17.5 Å². The summed E-state index contributed by atoms with van der Waals surface area (Å²) in [6.45, 7) is 9.82. The van der Waals surface area contributed by atoms with Crippen LogP contribution >= 0.6 is 11.8 Å². The number of aryl methyl sites for hydroxylation is 1. The summed E-state index contributed by atoms with van der Waals surface area (Å²) in [5.74, 6) is -0.186. The maximum atomic E-state index is 14.7. The van der Waals surface area contributed by atoms with Crippen molar-refractivity contribution in [3.8, 4) is 11.1 Å². The van der Waals surface area contributed by atoms with E-state index in [0.29, 0.717) is 29.1 Å². The molecule has 8 nitrogen and oxygen atoms in total. The van der Waals surface area contributed by atoms with Crippen LogP contribution in [0.5, 0.6) is 0 Å². The maximum absolute atomic E-state index is 14.7. The summed E-state index contributed by atoms with van der Waals surface area (Å²) in [4.78, 5) is 37.9. The monoisotopic (exact) mass is 689 g/mol. The van der Waals surface area contributed by atoms with Gasteiger partial charge in [-0.1, -0.05) is 12.1 Å². The Balaban J connectivity index is 0.000000572. The fourth-order valence-corrected chi connectivity index (χ4v) is 7.22. The molecule has 2 aromatic carbocycles. The number of nitrogens with zero attached hydrogens (tertiary/aromatic N) is 5. The smallest absolute Gasteiger partial charge is 0.417 e. The number of ether oxygens (including phenoxy) is 1. The van der Waals surface area contributed by atoms with Gasteiger partial charge in [-0.3, -0.25) is 14.5 Å². The highest BCUT2D eigenvalue weighted by atomic mass is 32.2. The zero-order valence-electron chi connectivity index (χ0n) is 27.1. The molecule has 2 aliphatic rings. The molecule has 48 heavy (non-hydrogen) atoms. The van der Waals surface area contributed by atoms with Gasteiger partial charge in [-0.05, 0) is 82.7 Å². The van der Waals surface area contributed by atoms with Crippen molar-refractivity contribution in [2.75, 3.05) is 23.7 Å². The lowest BCUT2D eigenvalue weighted by Gasteiger charge is -2.45. The topological polar surface area (TPSA) is 80.6 Å². The van der Waals surface area contributed by atoms with Crippen molar-refractivity contribution in [2.45, 2.75) is 76.3 Å². The van der Waals surface area contributed by atoms with Crippen molar-refractivity contribution < 1.29 is 31.5 Å². The van der Waals surface area contributed by atoms with E-state index >= 15 is 0 Å². The van der Waals surface area contributed by atoms with Crippen molar-refractivity contribution in [1.29, 1.82) is 0 Å².